The zero-order valence-corrected chi connectivity index (χ0v) is 12.8. The molecule has 2 aromatic rings. The Morgan fingerprint density at radius 1 is 1.22 bits per heavy atom. The minimum atomic E-state index is -0.339. The number of benzene rings is 1. The Bertz CT molecular complexity index is 741. The summed E-state index contributed by atoms with van der Waals surface area (Å²) in [5, 5.41) is 0. The number of esters is 1. The zero-order chi connectivity index (χ0) is 15.9. The maximum Gasteiger partial charge on any atom is 0.339 e. The first-order valence-electron chi connectivity index (χ1n) is 7.78. The first kappa shape index (κ1) is 15.2. The lowest BCUT2D eigenvalue weighted by Gasteiger charge is -2.04. The summed E-state index contributed by atoms with van der Waals surface area (Å²) in [5.41, 5.74) is 1.27. The third kappa shape index (κ3) is 4.62. The van der Waals surface area contributed by atoms with Crippen LogP contribution >= 0.6 is 0 Å². The number of ether oxygens (including phenoxy) is 1. The fourth-order valence-electron chi connectivity index (χ4n) is 2.08. The quantitative estimate of drug-likeness (QED) is 0.476. The smallest absolute Gasteiger partial charge is 0.339 e. The molecule has 0 amide bonds. The van der Waals surface area contributed by atoms with Gasteiger partial charge in [-0.1, -0.05) is 36.1 Å². The Morgan fingerprint density at radius 2 is 2.09 bits per heavy atom. The van der Waals surface area contributed by atoms with Crippen LogP contribution < -0.4 is 0 Å². The third-order valence-electron chi connectivity index (χ3n) is 3.51. The Balaban J connectivity index is 1.54. The number of carbonyl (C=O) groups excluding carboxylic acids is 1. The van der Waals surface area contributed by atoms with E-state index in [-0.39, 0.29) is 12.6 Å². The molecule has 0 saturated heterocycles. The predicted octanol–water partition coefficient (Wildman–Crippen LogP) is 4.00. The summed E-state index contributed by atoms with van der Waals surface area (Å²) in [6.45, 7) is 0.240. The van der Waals surface area contributed by atoms with Crippen LogP contribution in [0.4, 0.5) is 0 Å². The molecule has 1 saturated carbocycles. The van der Waals surface area contributed by atoms with Crippen molar-refractivity contribution in [1.82, 2.24) is 0 Å². The molecule has 0 radical (unpaired) electrons. The van der Waals surface area contributed by atoms with E-state index in [2.05, 4.69) is 11.8 Å². The predicted molar refractivity (Wildman–Crippen MR) is 87.9 cm³/mol. The van der Waals surface area contributed by atoms with E-state index in [0.29, 0.717) is 17.9 Å². The molecule has 0 aliphatic heterocycles. The number of hydrogen-bond donors (Lipinski definition) is 0. The van der Waals surface area contributed by atoms with E-state index in [4.69, 9.17) is 9.15 Å². The molecular weight excluding hydrogens is 288 g/mol. The topological polar surface area (TPSA) is 39.4 Å². The molecule has 0 unspecified atom stereocenters. The lowest BCUT2D eigenvalue weighted by Crippen LogP contribution is -2.07. The highest BCUT2D eigenvalue weighted by Gasteiger charge is 2.18. The summed E-state index contributed by atoms with van der Waals surface area (Å²) in [5.74, 6) is 7.32. The lowest BCUT2D eigenvalue weighted by atomic mass is 10.1. The van der Waals surface area contributed by atoms with Crippen LogP contribution in [0.5, 0.6) is 0 Å². The van der Waals surface area contributed by atoms with Crippen molar-refractivity contribution >= 4 is 5.97 Å². The minimum absolute atomic E-state index is 0.240. The van der Waals surface area contributed by atoms with Gasteiger partial charge in [0.1, 0.15) is 12.4 Å². The van der Waals surface area contributed by atoms with Crippen LogP contribution in [0.3, 0.4) is 0 Å². The Morgan fingerprint density at radius 3 is 2.87 bits per heavy atom. The van der Waals surface area contributed by atoms with E-state index in [9.17, 15) is 4.79 Å². The second kappa shape index (κ2) is 7.51. The van der Waals surface area contributed by atoms with Crippen molar-refractivity contribution in [2.45, 2.75) is 19.3 Å². The van der Waals surface area contributed by atoms with Gasteiger partial charge in [0.05, 0.1) is 11.8 Å². The molecule has 0 bridgehead atoms. The fraction of sp³-hybridized carbons (Fsp3) is 0.250. The molecule has 1 aromatic heterocycles. The molecule has 1 aliphatic carbocycles. The molecule has 3 nitrogen and oxygen atoms in total. The maximum absolute atomic E-state index is 12.2. The number of rotatable bonds is 5. The molecule has 1 heterocycles. The van der Waals surface area contributed by atoms with Crippen LogP contribution in [-0.2, 0) is 11.2 Å². The molecule has 0 N–H and O–H groups in total. The highest BCUT2D eigenvalue weighted by molar-refractivity contribution is 5.92. The van der Waals surface area contributed by atoms with Crippen molar-refractivity contribution in [1.29, 1.82) is 0 Å². The molecule has 1 aromatic carbocycles. The molecule has 0 spiro atoms. The SMILES string of the molecule is O=C(OC/C=C/Cc1ccco1)c1ccccc1C#CC1CC1. The minimum Gasteiger partial charge on any atom is -0.469 e. The monoisotopic (exact) mass is 306 g/mol. The second-order valence-electron chi connectivity index (χ2n) is 5.44. The summed E-state index contributed by atoms with van der Waals surface area (Å²) >= 11 is 0. The molecule has 116 valence electrons. The van der Waals surface area contributed by atoms with E-state index in [1.165, 1.54) is 12.8 Å². The van der Waals surface area contributed by atoms with E-state index < -0.39 is 0 Å². The van der Waals surface area contributed by atoms with Gasteiger partial charge in [-0.2, -0.15) is 0 Å². The van der Waals surface area contributed by atoms with Gasteiger partial charge >= 0.3 is 5.97 Å². The number of allylic oxidation sites excluding steroid dienone is 1. The Hall–Kier alpha value is -2.73. The highest BCUT2D eigenvalue weighted by Crippen LogP contribution is 2.27. The van der Waals surface area contributed by atoms with Crippen molar-refractivity contribution in [2.24, 2.45) is 5.92 Å². The van der Waals surface area contributed by atoms with Crippen LogP contribution in [0.2, 0.25) is 0 Å². The average Bonchev–Trinajstić information content (AvgIpc) is 3.27. The summed E-state index contributed by atoms with van der Waals surface area (Å²) in [4.78, 5) is 12.2. The van der Waals surface area contributed by atoms with Gasteiger partial charge in [-0.25, -0.2) is 4.79 Å². The molecule has 1 aliphatic rings. The molecule has 0 atom stereocenters. The highest BCUT2D eigenvalue weighted by atomic mass is 16.5. The summed E-state index contributed by atoms with van der Waals surface area (Å²) in [7, 11) is 0. The second-order valence-corrected chi connectivity index (χ2v) is 5.44. The molecule has 1 fully saturated rings. The summed E-state index contributed by atoms with van der Waals surface area (Å²) < 4.78 is 10.5. The van der Waals surface area contributed by atoms with Gasteiger partial charge in [0.15, 0.2) is 0 Å². The van der Waals surface area contributed by atoms with E-state index in [1.54, 1.807) is 12.3 Å². The standard InChI is InChI=1S/C20H18O3/c21-20(23-14-4-3-7-18-8-5-15-22-18)19-9-2-1-6-17(19)13-12-16-10-11-16/h1-6,8-9,15-16H,7,10-11,14H2/b4-3+. The lowest BCUT2D eigenvalue weighted by molar-refractivity contribution is 0.0549. The van der Waals surface area contributed by atoms with Crippen molar-refractivity contribution in [2.75, 3.05) is 6.61 Å². The summed E-state index contributed by atoms with van der Waals surface area (Å²) in [6, 6.07) is 11.1. The van der Waals surface area contributed by atoms with Gasteiger partial charge in [0.2, 0.25) is 0 Å². The van der Waals surface area contributed by atoms with Crippen molar-refractivity contribution in [3.05, 3.63) is 71.7 Å². The Kier molecular flexibility index (Phi) is 4.95. The maximum atomic E-state index is 12.2. The van der Waals surface area contributed by atoms with E-state index >= 15 is 0 Å². The third-order valence-corrected chi connectivity index (χ3v) is 3.51. The van der Waals surface area contributed by atoms with E-state index in [1.807, 2.05) is 42.5 Å². The number of hydrogen-bond acceptors (Lipinski definition) is 3. The van der Waals surface area contributed by atoms with Crippen molar-refractivity contribution in [3.63, 3.8) is 0 Å². The molecule has 3 rings (SSSR count). The van der Waals surface area contributed by atoms with Gasteiger partial charge in [-0.15, -0.1) is 0 Å². The van der Waals surface area contributed by atoms with Crippen LogP contribution in [0, 0.1) is 17.8 Å². The van der Waals surface area contributed by atoms with Crippen molar-refractivity contribution < 1.29 is 13.9 Å². The van der Waals surface area contributed by atoms with Crippen LogP contribution in [0.25, 0.3) is 0 Å². The van der Waals surface area contributed by atoms with Gasteiger partial charge < -0.3 is 9.15 Å². The first-order valence-corrected chi connectivity index (χ1v) is 7.78. The van der Waals surface area contributed by atoms with Crippen LogP contribution in [-0.4, -0.2) is 12.6 Å². The normalized spacial score (nSPS) is 13.6. The average molecular weight is 306 g/mol. The van der Waals surface area contributed by atoms with Gasteiger partial charge in [0, 0.05) is 17.9 Å². The van der Waals surface area contributed by atoms with Crippen LogP contribution in [0.15, 0.2) is 59.2 Å². The van der Waals surface area contributed by atoms with Crippen molar-refractivity contribution in [3.8, 4) is 11.8 Å². The Labute approximate surface area is 136 Å². The molecular formula is C20H18O3. The fourth-order valence-corrected chi connectivity index (χ4v) is 2.08. The number of furan rings is 1. The first-order chi connectivity index (χ1) is 11.3. The van der Waals surface area contributed by atoms with Crippen LogP contribution in [0.1, 0.15) is 34.5 Å². The number of carbonyl (C=O) groups is 1. The largest absolute Gasteiger partial charge is 0.469 e. The molecule has 3 heteroatoms. The molecule has 23 heavy (non-hydrogen) atoms. The van der Waals surface area contributed by atoms with E-state index in [0.717, 1.165) is 11.3 Å². The van der Waals surface area contributed by atoms with Gasteiger partial charge in [-0.05, 0) is 37.1 Å². The zero-order valence-electron chi connectivity index (χ0n) is 12.8. The van der Waals surface area contributed by atoms with Gasteiger partial charge in [-0.3, -0.25) is 0 Å². The summed E-state index contributed by atoms with van der Waals surface area (Å²) in [6.07, 6.45) is 8.40. The van der Waals surface area contributed by atoms with Gasteiger partial charge in [0.25, 0.3) is 0 Å².